The molecule has 0 spiro atoms. The van der Waals surface area contributed by atoms with Gasteiger partial charge in [-0.1, -0.05) is 55.7 Å². The average molecular weight is 380 g/mol. The molecule has 1 aliphatic rings. The van der Waals surface area contributed by atoms with Crippen LogP contribution in [0.5, 0.6) is 0 Å². The number of amides is 2. The Balaban J connectivity index is 1.46. The van der Waals surface area contributed by atoms with E-state index in [9.17, 15) is 9.90 Å². The quantitative estimate of drug-likeness (QED) is 0.700. The van der Waals surface area contributed by atoms with E-state index in [0.29, 0.717) is 13.1 Å². The van der Waals surface area contributed by atoms with E-state index in [1.165, 1.54) is 30.0 Å². The van der Waals surface area contributed by atoms with Gasteiger partial charge in [0.1, 0.15) is 0 Å². The summed E-state index contributed by atoms with van der Waals surface area (Å²) in [7, 11) is 1.76. The van der Waals surface area contributed by atoms with E-state index in [1.807, 2.05) is 24.3 Å². The molecule has 0 bridgehead atoms. The first-order valence-corrected chi connectivity index (χ1v) is 10.3. The van der Waals surface area contributed by atoms with Gasteiger partial charge in [0.05, 0.1) is 12.6 Å². The van der Waals surface area contributed by atoms with E-state index in [2.05, 4.69) is 34.1 Å². The molecule has 2 N–H and O–H groups in total. The molecule has 0 aliphatic heterocycles. The van der Waals surface area contributed by atoms with Crippen LogP contribution in [0.25, 0.3) is 21.8 Å². The van der Waals surface area contributed by atoms with Gasteiger partial charge < -0.3 is 19.9 Å². The van der Waals surface area contributed by atoms with Gasteiger partial charge in [-0.15, -0.1) is 0 Å². The number of aliphatic hydroxyl groups excluding tert-OH is 1. The fraction of sp³-hybridized carbons (Fsp3) is 0.435. The first kappa shape index (κ1) is 18.8. The SMILES string of the molecule is CN(C[C@@H](O)Cn1c2ccccc2c2ccccc21)C(=O)NC1CCCCC1. The molecule has 2 amide bonds. The number of hydrogen-bond acceptors (Lipinski definition) is 2. The zero-order valence-corrected chi connectivity index (χ0v) is 16.5. The Morgan fingerprint density at radius 2 is 1.64 bits per heavy atom. The van der Waals surface area contributed by atoms with Crippen LogP contribution in [-0.4, -0.2) is 46.3 Å². The number of fused-ring (bicyclic) bond motifs is 3. The zero-order chi connectivity index (χ0) is 19.5. The van der Waals surface area contributed by atoms with Crippen molar-refractivity contribution in [2.24, 2.45) is 0 Å². The van der Waals surface area contributed by atoms with Crippen LogP contribution in [0.2, 0.25) is 0 Å². The van der Waals surface area contributed by atoms with Crippen LogP contribution in [0.15, 0.2) is 48.5 Å². The molecule has 1 atom stereocenters. The molecule has 1 saturated carbocycles. The fourth-order valence-corrected chi connectivity index (χ4v) is 4.40. The summed E-state index contributed by atoms with van der Waals surface area (Å²) in [5.74, 6) is 0. The molecule has 1 fully saturated rings. The molecule has 0 saturated heterocycles. The van der Waals surface area contributed by atoms with Gasteiger partial charge in [-0.25, -0.2) is 4.79 Å². The number of aliphatic hydroxyl groups is 1. The fourth-order valence-electron chi connectivity index (χ4n) is 4.40. The summed E-state index contributed by atoms with van der Waals surface area (Å²) in [6.45, 7) is 0.758. The maximum Gasteiger partial charge on any atom is 0.317 e. The number of likely N-dealkylation sites (N-methyl/N-ethyl adjacent to an activating group) is 1. The number of nitrogens with zero attached hydrogens (tertiary/aromatic N) is 2. The number of nitrogens with one attached hydrogen (secondary N) is 1. The van der Waals surface area contributed by atoms with Crippen molar-refractivity contribution >= 4 is 27.8 Å². The van der Waals surface area contributed by atoms with Gasteiger partial charge in [0.15, 0.2) is 0 Å². The molecule has 3 aromatic rings. The topological polar surface area (TPSA) is 57.5 Å². The highest BCUT2D eigenvalue weighted by Crippen LogP contribution is 2.28. The molecular formula is C23H29N3O2. The first-order valence-electron chi connectivity index (χ1n) is 10.3. The van der Waals surface area contributed by atoms with Crippen molar-refractivity contribution in [1.29, 1.82) is 0 Å². The van der Waals surface area contributed by atoms with Crippen molar-refractivity contribution in [3.8, 4) is 0 Å². The lowest BCUT2D eigenvalue weighted by molar-refractivity contribution is 0.116. The predicted molar refractivity (Wildman–Crippen MR) is 113 cm³/mol. The van der Waals surface area contributed by atoms with Gasteiger partial charge >= 0.3 is 6.03 Å². The zero-order valence-electron chi connectivity index (χ0n) is 16.5. The maximum atomic E-state index is 12.5. The van der Waals surface area contributed by atoms with E-state index in [1.54, 1.807) is 11.9 Å². The molecule has 0 unspecified atom stereocenters. The molecule has 1 aliphatic carbocycles. The van der Waals surface area contributed by atoms with Gasteiger partial charge in [0.2, 0.25) is 0 Å². The standard InChI is InChI=1S/C23H29N3O2/c1-25(23(28)24-17-9-3-2-4-10-17)15-18(27)16-26-21-13-7-5-11-19(21)20-12-6-8-14-22(20)26/h5-8,11-14,17-18,27H,2-4,9-10,15-16H2,1H3,(H,24,28)/t18-/m1/s1. The Hall–Kier alpha value is -2.53. The van der Waals surface area contributed by atoms with Crippen molar-refractivity contribution in [1.82, 2.24) is 14.8 Å². The maximum absolute atomic E-state index is 12.5. The number of carbonyl (C=O) groups is 1. The van der Waals surface area contributed by atoms with E-state index in [4.69, 9.17) is 0 Å². The Labute approximate surface area is 165 Å². The summed E-state index contributed by atoms with van der Waals surface area (Å²) >= 11 is 0. The van der Waals surface area contributed by atoms with Crippen molar-refractivity contribution < 1.29 is 9.90 Å². The number of carbonyl (C=O) groups excluding carboxylic acids is 1. The molecule has 1 aromatic heterocycles. The largest absolute Gasteiger partial charge is 0.389 e. The van der Waals surface area contributed by atoms with Crippen molar-refractivity contribution in [2.75, 3.05) is 13.6 Å². The predicted octanol–water partition coefficient (Wildman–Crippen LogP) is 4.13. The molecular weight excluding hydrogens is 350 g/mol. The Morgan fingerprint density at radius 1 is 1.07 bits per heavy atom. The number of rotatable bonds is 5. The Morgan fingerprint density at radius 3 is 2.25 bits per heavy atom. The van der Waals surface area contributed by atoms with Gasteiger partial charge in [-0.05, 0) is 25.0 Å². The first-order chi connectivity index (χ1) is 13.6. The minimum absolute atomic E-state index is 0.0897. The lowest BCUT2D eigenvalue weighted by Gasteiger charge is -2.27. The minimum atomic E-state index is -0.638. The molecule has 28 heavy (non-hydrogen) atoms. The molecule has 5 heteroatoms. The summed E-state index contributed by atoms with van der Waals surface area (Å²) in [6.07, 6.45) is 5.12. The van der Waals surface area contributed by atoms with Crippen LogP contribution >= 0.6 is 0 Å². The van der Waals surface area contributed by atoms with Crippen molar-refractivity contribution in [3.63, 3.8) is 0 Å². The lowest BCUT2D eigenvalue weighted by Crippen LogP contribution is -2.46. The molecule has 2 aromatic carbocycles. The van der Waals surface area contributed by atoms with Crippen molar-refractivity contribution in [2.45, 2.75) is 50.8 Å². The molecule has 148 valence electrons. The summed E-state index contributed by atoms with van der Waals surface area (Å²) in [5.41, 5.74) is 2.22. The smallest absolute Gasteiger partial charge is 0.317 e. The van der Waals surface area contributed by atoms with Crippen molar-refractivity contribution in [3.05, 3.63) is 48.5 Å². The number of benzene rings is 2. The Kier molecular flexibility index (Phi) is 5.53. The summed E-state index contributed by atoms with van der Waals surface area (Å²) < 4.78 is 2.15. The van der Waals surface area contributed by atoms with Gasteiger partial charge in [-0.2, -0.15) is 0 Å². The number of hydrogen-bond donors (Lipinski definition) is 2. The highest BCUT2D eigenvalue weighted by molar-refractivity contribution is 6.07. The van der Waals surface area contributed by atoms with Crippen LogP contribution in [0, 0.1) is 0 Å². The highest BCUT2D eigenvalue weighted by Gasteiger charge is 2.20. The second-order valence-corrected chi connectivity index (χ2v) is 7.96. The van der Waals surface area contributed by atoms with Gasteiger partial charge in [0.25, 0.3) is 0 Å². The average Bonchev–Trinajstić information content (AvgIpc) is 3.03. The normalized spacial score (nSPS) is 16.4. The monoisotopic (exact) mass is 379 g/mol. The number of urea groups is 1. The summed E-state index contributed by atoms with van der Waals surface area (Å²) in [6, 6.07) is 16.7. The summed E-state index contributed by atoms with van der Waals surface area (Å²) in [4.78, 5) is 14.1. The minimum Gasteiger partial charge on any atom is -0.389 e. The van der Waals surface area contributed by atoms with Crippen LogP contribution in [0.3, 0.4) is 0 Å². The number of aromatic nitrogens is 1. The third-order valence-corrected chi connectivity index (χ3v) is 5.84. The van der Waals surface area contributed by atoms with Crippen LogP contribution in [0.1, 0.15) is 32.1 Å². The number of para-hydroxylation sites is 2. The second-order valence-electron chi connectivity index (χ2n) is 7.96. The molecule has 5 nitrogen and oxygen atoms in total. The summed E-state index contributed by atoms with van der Waals surface area (Å²) in [5, 5.41) is 16.2. The van der Waals surface area contributed by atoms with E-state index in [-0.39, 0.29) is 12.1 Å². The molecule has 1 heterocycles. The van der Waals surface area contributed by atoms with Crippen LogP contribution < -0.4 is 5.32 Å². The Bertz CT molecular complexity index is 906. The van der Waals surface area contributed by atoms with E-state index >= 15 is 0 Å². The highest BCUT2D eigenvalue weighted by atomic mass is 16.3. The van der Waals surface area contributed by atoms with E-state index in [0.717, 1.165) is 23.9 Å². The van der Waals surface area contributed by atoms with Gasteiger partial charge in [0, 0.05) is 41.4 Å². The molecule has 4 rings (SSSR count). The molecule has 0 radical (unpaired) electrons. The van der Waals surface area contributed by atoms with E-state index < -0.39 is 6.10 Å². The third kappa shape index (κ3) is 3.85. The van der Waals surface area contributed by atoms with Crippen LogP contribution in [-0.2, 0) is 6.54 Å². The van der Waals surface area contributed by atoms with Crippen LogP contribution in [0.4, 0.5) is 4.79 Å². The lowest BCUT2D eigenvalue weighted by atomic mass is 9.96. The second kappa shape index (κ2) is 8.23. The van der Waals surface area contributed by atoms with Gasteiger partial charge in [-0.3, -0.25) is 0 Å². The third-order valence-electron chi connectivity index (χ3n) is 5.84.